The number of unbranched alkanes of at least 4 members (excludes halogenated alkanes) is 1. The summed E-state index contributed by atoms with van der Waals surface area (Å²) < 4.78 is 0. The SMILES string of the molecule is CCCCC(C)NCc1cccc2c1CCNC2. The second-order valence-electron chi connectivity index (χ2n) is 5.41. The van der Waals surface area contributed by atoms with Crippen LogP contribution < -0.4 is 10.6 Å². The Bertz CT molecular complexity index is 373. The Morgan fingerprint density at radius 1 is 1.39 bits per heavy atom. The molecule has 2 rings (SSSR count). The van der Waals surface area contributed by atoms with E-state index in [-0.39, 0.29) is 0 Å². The van der Waals surface area contributed by atoms with Gasteiger partial charge in [-0.25, -0.2) is 0 Å². The molecule has 2 nitrogen and oxygen atoms in total. The summed E-state index contributed by atoms with van der Waals surface area (Å²) in [6, 6.07) is 7.36. The molecule has 1 aliphatic heterocycles. The molecule has 0 aromatic heterocycles. The van der Waals surface area contributed by atoms with Gasteiger partial charge >= 0.3 is 0 Å². The highest BCUT2D eigenvalue weighted by Gasteiger charge is 2.12. The maximum atomic E-state index is 3.66. The minimum Gasteiger partial charge on any atom is -0.312 e. The summed E-state index contributed by atoms with van der Waals surface area (Å²) in [5, 5.41) is 7.10. The molecule has 0 spiro atoms. The van der Waals surface area contributed by atoms with E-state index in [1.807, 2.05) is 0 Å². The largest absolute Gasteiger partial charge is 0.312 e. The lowest BCUT2D eigenvalue weighted by molar-refractivity contribution is 0.492. The smallest absolute Gasteiger partial charge is 0.0210 e. The van der Waals surface area contributed by atoms with Gasteiger partial charge in [0.05, 0.1) is 0 Å². The topological polar surface area (TPSA) is 24.1 Å². The van der Waals surface area contributed by atoms with E-state index in [0.29, 0.717) is 6.04 Å². The molecule has 18 heavy (non-hydrogen) atoms. The predicted octanol–water partition coefficient (Wildman–Crippen LogP) is 3.00. The summed E-state index contributed by atoms with van der Waals surface area (Å²) in [4.78, 5) is 0. The summed E-state index contributed by atoms with van der Waals surface area (Å²) in [5.74, 6) is 0. The van der Waals surface area contributed by atoms with Crippen molar-refractivity contribution in [1.82, 2.24) is 10.6 Å². The maximum absolute atomic E-state index is 3.66. The molecule has 0 bridgehead atoms. The molecule has 0 saturated heterocycles. The molecule has 0 saturated carbocycles. The first-order valence-electron chi connectivity index (χ1n) is 7.35. The van der Waals surface area contributed by atoms with E-state index in [9.17, 15) is 0 Å². The molecule has 2 N–H and O–H groups in total. The van der Waals surface area contributed by atoms with Crippen molar-refractivity contribution in [2.24, 2.45) is 0 Å². The van der Waals surface area contributed by atoms with Crippen molar-refractivity contribution in [2.45, 2.75) is 58.7 Å². The fraction of sp³-hybridized carbons (Fsp3) is 0.625. The second kappa shape index (κ2) is 6.91. The predicted molar refractivity (Wildman–Crippen MR) is 77.7 cm³/mol. The number of hydrogen-bond acceptors (Lipinski definition) is 2. The molecule has 1 heterocycles. The molecular formula is C16H26N2. The van der Waals surface area contributed by atoms with Crippen LogP contribution in [0.4, 0.5) is 0 Å². The Kier molecular flexibility index (Phi) is 5.21. The quantitative estimate of drug-likeness (QED) is 0.806. The molecule has 1 atom stereocenters. The van der Waals surface area contributed by atoms with Crippen LogP contribution in [0.1, 0.15) is 49.8 Å². The maximum Gasteiger partial charge on any atom is 0.0210 e. The van der Waals surface area contributed by atoms with E-state index in [2.05, 4.69) is 42.7 Å². The molecule has 0 aliphatic carbocycles. The van der Waals surface area contributed by atoms with E-state index in [4.69, 9.17) is 0 Å². The molecule has 2 heteroatoms. The molecule has 0 radical (unpaired) electrons. The van der Waals surface area contributed by atoms with Crippen molar-refractivity contribution in [3.05, 3.63) is 34.9 Å². The molecular weight excluding hydrogens is 220 g/mol. The van der Waals surface area contributed by atoms with E-state index in [1.54, 1.807) is 5.56 Å². The van der Waals surface area contributed by atoms with E-state index in [1.165, 1.54) is 36.8 Å². The number of benzene rings is 1. The summed E-state index contributed by atoms with van der Waals surface area (Å²) >= 11 is 0. The fourth-order valence-corrected chi connectivity index (χ4v) is 2.67. The van der Waals surface area contributed by atoms with Crippen LogP contribution in [0.5, 0.6) is 0 Å². The van der Waals surface area contributed by atoms with E-state index >= 15 is 0 Å². The highest BCUT2D eigenvalue weighted by molar-refractivity contribution is 5.36. The van der Waals surface area contributed by atoms with Gasteiger partial charge in [-0.15, -0.1) is 0 Å². The molecule has 1 aromatic carbocycles. The minimum absolute atomic E-state index is 0.627. The highest BCUT2D eigenvalue weighted by Crippen LogP contribution is 2.18. The van der Waals surface area contributed by atoms with Crippen molar-refractivity contribution < 1.29 is 0 Å². The number of rotatable bonds is 6. The summed E-state index contributed by atoms with van der Waals surface area (Å²) in [6.07, 6.45) is 5.08. The second-order valence-corrected chi connectivity index (χ2v) is 5.41. The van der Waals surface area contributed by atoms with Crippen molar-refractivity contribution in [2.75, 3.05) is 6.54 Å². The number of hydrogen-bond donors (Lipinski definition) is 2. The van der Waals surface area contributed by atoms with Gasteiger partial charge < -0.3 is 10.6 Å². The van der Waals surface area contributed by atoms with Crippen LogP contribution in [0.3, 0.4) is 0 Å². The molecule has 1 unspecified atom stereocenters. The fourth-order valence-electron chi connectivity index (χ4n) is 2.67. The first-order chi connectivity index (χ1) is 8.81. The molecule has 100 valence electrons. The lowest BCUT2D eigenvalue weighted by Gasteiger charge is -2.21. The standard InChI is InChI=1S/C16H26N2/c1-3-4-6-13(2)18-12-15-8-5-7-14-11-17-10-9-16(14)15/h5,7-8,13,17-18H,3-4,6,9-12H2,1-2H3. The summed E-state index contributed by atoms with van der Waals surface area (Å²) in [6.45, 7) is 7.73. The molecule has 0 amide bonds. The molecule has 0 fully saturated rings. The van der Waals surface area contributed by atoms with Crippen molar-refractivity contribution in [3.63, 3.8) is 0 Å². The first kappa shape index (κ1) is 13.6. The number of fused-ring (bicyclic) bond motifs is 1. The van der Waals surface area contributed by atoms with Gasteiger partial charge in [-0.1, -0.05) is 38.0 Å². The third-order valence-electron chi connectivity index (χ3n) is 3.87. The Labute approximate surface area is 111 Å². The van der Waals surface area contributed by atoms with Gasteiger partial charge in [-0.2, -0.15) is 0 Å². The summed E-state index contributed by atoms with van der Waals surface area (Å²) in [7, 11) is 0. The zero-order valence-corrected chi connectivity index (χ0v) is 11.8. The van der Waals surface area contributed by atoms with Crippen molar-refractivity contribution in [3.8, 4) is 0 Å². The van der Waals surface area contributed by atoms with Gasteiger partial charge in [-0.05, 0) is 43.0 Å². The average molecular weight is 246 g/mol. The summed E-state index contributed by atoms with van der Waals surface area (Å²) in [5.41, 5.74) is 4.56. The zero-order chi connectivity index (χ0) is 12.8. The normalized spacial score (nSPS) is 16.3. The van der Waals surface area contributed by atoms with Gasteiger partial charge in [-0.3, -0.25) is 0 Å². The van der Waals surface area contributed by atoms with E-state index < -0.39 is 0 Å². The van der Waals surface area contributed by atoms with Gasteiger partial charge in [0, 0.05) is 19.1 Å². The lowest BCUT2D eigenvalue weighted by Crippen LogP contribution is -2.28. The van der Waals surface area contributed by atoms with Crippen molar-refractivity contribution >= 4 is 0 Å². The zero-order valence-electron chi connectivity index (χ0n) is 11.8. The van der Waals surface area contributed by atoms with Crippen LogP contribution in [0.15, 0.2) is 18.2 Å². The van der Waals surface area contributed by atoms with Crippen LogP contribution in [-0.4, -0.2) is 12.6 Å². The molecule has 1 aliphatic rings. The third kappa shape index (κ3) is 3.56. The van der Waals surface area contributed by atoms with Crippen molar-refractivity contribution in [1.29, 1.82) is 0 Å². The highest BCUT2D eigenvalue weighted by atomic mass is 14.9. The lowest BCUT2D eigenvalue weighted by atomic mass is 9.95. The van der Waals surface area contributed by atoms with E-state index in [0.717, 1.165) is 19.6 Å². The van der Waals surface area contributed by atoms with Crippen LogP contribution in [0.25, 0.3) is 0 Å². The van der Waals surface area contributed by atoms with Crippen LogP contribution in [0.2, 0.25) is 0 Å². The van der Waals surface area contributed by atoms with Gasteiger partial charge in [0.1, 0.15) is 0 Å². The Morgan fingerprint density at radius 2 is 2.28 bits per heavy atom. The third-order valence-corrected chi connectivity index (χ3v) is 3.87. The first-order valence-corrected chi connectivity index (χ1v) is 7.35. The van der Waals surface area contributed by atoms with Gasteiger partial charge in [0.25, 0.3) is 0 Å². The minimum atomic E-state index is 0.627. The monoisotopic (exact) mass is 246 g/mol. The average Bonchev–Trinajstić information content (AvgIpc) is 2.42. The Morgan fingerprint density at radius 3 is 3.11 bits per heavy atom. The van der Waals surface area contributed by atoms with Crippen LogP contribution >= 0.6 is 0 Å². The van der Waals surface area contributed by atoms with Crippen LogP contribution in [-0.2, 0) is 19.5 Å². The Balaban J connectivity index is 1.93. The number of nitrogens with one attached hydrogen (secondary N) is 2. The van der Waals surface area contributed by atoms with Gasteiger partial charge in [0.15, 0.2) is 0 Å². The van der Waals surface area contributed by atoms with Crippen LogP contribution in [0, 0.1) is 0 Å². The molecule has 1 aromatic rings. The Hall–Kier alpha value is -0.860. The van der Waals surface area contributed by atoms with Gasteiger partial charge in [0.2, 0.25) is 0 Å².